The van der Waals surface area contributed by atoms with Crippen molar-refractivity contribution in [2.24, 2.45) is 17.6 Å². The van der Waals surface area contributed by atoms with Crippen LogP contribution in [0.5, 0.6) is 5.75 Å². The molecule has 1 aromatic carbocycles. The molecule has 0 aromatic heterocycles. The lowest BCUT2D eigenvalue weighted by molar-refractivity contribution is -0.123. The third-order valence-corrected chi connectivity index (χ3v) is 6.35. The zero-order valence-corrected chi connectivity index (χ0v) is 19.0. The van der Waals surface area contributed by atoms with E-state index in [4.69, 9.17) is 10.5 Å². The topological polar surface area (TPSA) is 142 Å². The van der Waals surface area contributed by atoms with Gasteiger partial charge in [0, 0.05) is 17.9 Å². The fourth-order valence-corrected chi connectivity index (χ4v) is 5.06. The van der Waals surface area contributed by atoms with E-state index in [1.165, 1.54) is 6.07 Å². The molecular weight excluding hydrogens is 412 g/mol. The van der Waals surface area contributed by atoms with Gasteiger partial charge in [-0.2, -0.15) is 0 Å². The molecule has 5 N–H and O–H groups in total. The van der Waals surface area contributed by atoms with Gasteiger partial charge >= 0.3 is 0 Å². The highest BCUT2D eigenvalue weighted by Gasteiger charge is 2.71. The number of carbonyl (C=O) groups is 3. The second kappa shape index (κ2) is 8.43. The maximum Gasteiger partial charge on any atom is 0.255 e. The Bertz CT molecular complexity index is 1070. The van der Waals surface area contributed by atoms with Gasteiger partial charge in [-0.3, -0.25) is 14.4 Å². The monoisotopic (exact) mass is 442 g/mol. The largest absolute Gasteiger partial charge is 0.507 e. The summed E-state index contributed by atoms with van der Waals surface area (Å²) in [6, 6.07) is 3.27. The Morgan fingerprint density at radius 3 is 2.41 bits per heavy atom. The minimum atomic E-state index is -1.29. The molecule has 1 amide bonds. The molecule has 8 nitrogen and oxygen atoms in total. The molecule has 0 bridgehead atoms. The van der Waals surface area contributed by atoms with E-state index < -0.39 is 28.6 Å². The third kappa shape index (κ3) is 3.21. The number of allylic oxidation sites excluding steroid dienone is 1. The van der Waals surface area contributed by atoms with Gasteiger partial charge in [-0.15, -0.1) is 0 Å². The van der Waals surface area contributed by atoms with E-state index in [1.807, 2.05) is 34.9 Å². The first-order valence-corrected chi connectivity index (χ1v) is 10.8. The summed E-state index contributed by atoms with van der Waals surface area (Å²) < 4.78 is 5.74. The number of aryl methyl sites for hydroxylation is 1. The van der Waals surface area contributed by atoms with Crippen molar-refractivity contribution in [3.63, 3.8) is 0 Å². The molecule has 172 valence electrons. The number of primary amides is 1. The van der Waals surface area contributed by atoms with Gasteiger partial charge < -0.3 is 26.0 Å². The lowest BCUT2D eigenvalue weighted by atomic mass is 9.63. The van der Waals surface area contributed by atoms with Gasteiger partial charge in [-0.25, -0.2) is 0 Å². The highest BCUT2D eigenvalue weighted by molar-refractivity contribution is 6.21. The number of nitrogens with one attached hydrogen (secondary N) is 1. The van der Waals surface area contributed by atoms with Crippen molar-refractivity contribution < 1.29 is 29.3 Å². The van der Waals surface area contributed by atoms with Crippen LogP contribution in [0.25, 0.3) is 0 Å². The number of carbonyl (C=O) groups excluding carboxylic acids is 3. The summed E-state index contributed by atoms with van der Waals surface area (Å²) in [4.78, 5) is 37.1. The molecule has 3 aliphatic carbocycles. The van der Waals surface area contributed by atoms with Crippen LogP contribution >= 0.6 is 0 Å². The fourth-order valence-electron chi connectivity index (χ4n) is 5.06. The van der Waals surface area contributed by atoms with Crippen molar-refractivity contribution in [2.75, 3.05) is 14.1 Å². The van der Waals surface area contributed by atoms with Gasteiger partial charge in [-0.05, 0) is 57.0 Å². The number of hydrogen-bond acceptors (Lipinski definition) is 7. The lowest BCUT2D eigenvalue weighted by Gasteiger charge is -2.36. The molecule has 1 fully saturated rings. The molecule has 1 unspecified atom stereocenters. The summed E-state index contributed by atoms with van der Waals surface area (Å²) in [5.74, 6) is -2.57. The van der Waals surface area contributed by atoms with Crippen LogP contribution in [0, 0.1) is 18.8 Å². The average Bonchev–Trinajstić information content (AvgIpc) is 3.49. The van der Waals surface area contributed by atoms with Gasteiger partial charge in [0.2, 0.25) is 5.60 Å². The number of Topliss-reactive ketones (excluding diaryl/α,β-unsaturated/α-hetero) is 2. The quantitative estimate of drug-likeness (QED) is 0.386. The van der Waals surface area contributed by atoms with Crippen molar-refractivity contribution in [1.29, 1.82) is 0 Å². The van der Waals surface area contributed by atoms with E-state index in [-0.39, 0.29) is 35.4 Å². The Balaban J connectivity index is 0.000000536. The maximum absolute atomic E-state index is 13.2. The first kappa shape index (κ1) is 23.5. The second-order valence-electron chi connectivity index (χ2n) is 8.21. The summed E-state index contributed by atoms with van der Waals surface area (Å²) in [6.07, 6.45) is 1.06. The van der Waals surface area contributed by atoms with Gasteiger partial charge in [0.15, 0.2) is 23.1 Å². The number of nitrogens with two attached hydrogens (primary N) is 1. The van der Waals surface area contributed by atoms with Crippen LogP contribution in [0.4, 0.5) is 0 Å². The summed E-state index contributed by atoms with van der Waals surface area (Å²) in [7, 11) is 3.75. The predicted octanol–water partition coefficient (Wildman–Crippen LogP) is 2.23. The van der Waals surface area contributed by atoms with Crippen molar-refractivity contribution in [3.05, 3.63) is 51.5 Å². The van der Waals surface area contributed by atoms with Crippen LogP contribution < -0.4 is 11.1 Å². The zero-order chi connectivity index (χ0) is 24.0. The predicted molar refractivity (Wildman–Crippen MR) is 118 cm³/mol. The molecule has 1 heterocycles. The summed E-state index contributed by atoms with van der Waals surface area (Å²) in [6.45, 7) is 5.89. The van der Waals surface area contributed by atoms with E-state index in [1.54, 1.807) is 6.07 Å². The number of aliphatic hydroxyl groups is 1. The number of phenolic OH excluding ortho intramolecular Hbond substituents is 1. The summed E-state index contributed by atoms with van der Waals surface area (Å²) in [5.41, 5.74) is 5.94. The average molecular weight is 443 g/mol. The molecule has 5 rings (SSSR count). The number of rotatable bonds is 1. The highest BCUT2D eigenvalue weighted by atomic mass is 16.6. The third-order valence-electron chi connectivity index (χ3n) is 6.35. The van der Waals surface area contributed by atoms with Crippen molar-refractivity contribution in [3.8, 4) is 5.75 Å². The highest BCUT2D eigenvalue weighted by Crippen LogP contribution is 2.64. The number of benzene rings is 1. The number of aliphatic hydroxyl groups excluding tert-OH is 1. The number of amides is 1. The molecule has 3 atom stereocenters. The zero-order valence-electron chi connectivity index (χ0n) is 19.0. The fraction of sp³-hybridized carbons (Fsp3) is 0.458. The standard InChI is InChI=1S/C20H17NO6.C2H7N.C2H6/c1-7-2-3-11(22)14-10(7)5-8-4-9-6-12(23)15(19(21)26)17(25)20(9)18(27-20)13(8)16(14)24;1-3-2;1-2/h2-3,8-9,22,25H,4-6H2,1H3,(H2,21,26);3H,1-2H3;1-2H3/t8?,9-,20+;;/m0../s1. The normalized spacial score (nSPS) is 26.8. The van der Waals surface area contributed by atoms with Crippen molar-refractivity contribution in [1.82, 2.24) is 5.32 Å². The number of ether oxygens (including phenoxy) is 1. The first-order valence-electron chi connectivity index (χ1n) is 10.8. The van der Waals surface area contributed by atoms with E-state index in [0.29, 0.717) is 24.2 Å². The SMILES string of the molecule is CC.CNC.Cc1ccc(O)c2c1CC1C[C@H]3CC(=O)C(C(N)=O)=C(O)[C@]34OC4=C1C2=O. The maximum atomic E-state index is 13.2. The molecule has 0 radical (unpaired) electrons. The number of ketones is 2. The Morgan fingerprint density at radius 1 is 1.19 bits per heavy atom. The molecule has 0 saturated carbocycles. The molecule has 1 saturated heterocycles. The summed E-state index contributed by atoms with van der Waals surface area (Å²) >= 11 is 0. The minimum absolute atomic E-state index is 0.0374. The van der Waals surface area contributed by atoms with Crippen LogP contribution in [0.15, 0.2) is 34.8 Å². The van der Waals surface area contributed by atoms with Crippen LogP contribution in [-0.4, -0.2) is 47.4 Å². The van der Waals surface area contributed by atoms with Crippen LogP contribution in [0.1, 0.15) is 48.2 Å². The van der Waals surface area contributed by atoms with Crippen molar-refractivity contribution in [2.45, 2.75) is 45.6 Å². The van der Waals surface area contributed by atoms with E-state index in [2.05, 4.69) is 5.32 Å². The van der Waals surface area contributed by atoms with Crippen LogP contribution in [0.3, 0.4) is 0 Å². The minimum Gasteiger partial charge on any atom is -0.507 e. The molecule has 32 heavy (non-hydrogen) atoms. The number of phenols is 1. The second-order valence-corrected chi connectivity index (χ2v) is 8.21. The molecular formula is C24H30N2O6. The summed E-state index contributed by atoms with van der Waals surface area (Å²) in [5, 5.41) is 23.6. The molecule has 4 aliphatic rings. The smallest absolute Gasteiger partial charge is 0.255 e. The Morgan fingerprint density at radius 2 is 1.81 bits per heavy atom. The van der Waals surface area contributed by atoms with Crippen LogP contribution in [0.2, 0.25) is 0 Å². The molecule has 1 aliphatic heterocycles. The Kier molecular flexibility index (Phi) is 6.20. The number of hydrogen-bond donors (Lipinski definition) is 4. The van der Waals surface area contributed by atoms with E-state index in [9.17, 15) is 24.6 Å². The number of aromatic hydroxyl groups is 1. The first-order chi connectivity index (χ1) is 15.2. The molecule has 1 spiro atoms. The van der Waals surface area contributed by atoms with E-state index in [0.717, 1.165) is 11.1 Å². The molecule has 8 heteroatoms. The number of fused-ring (bicyclic) bond motifs is 2. The van der Waals surface area contributed by atoms with Crippen molar-refractivity contribution >= 4 is 17.5 Å². The lowest BCUT2D eigenvalue weighted by Crippen LogP contribution is -2.43. The van der Waals surface area contributed by atoms with Crippen LogP contribution in [-0.2, 0) is 20.7 Å². The molecule has 1 aromatic rings. The van der Waals surface area contributed by atoms with Gasteiger partial charge in [-0.1, -0.05) is 19.9 Å². The number of epoxide rings is 1. The van der Waals surface area contributed by atoms with Gasteiger partial charge in [0.1, 0.15) is 11.3 Å². The van der Waals surface area contributed by atoms with Gasteiger partial charge in [0.25, 0.3) is 5.91 Å². The Hall–Kier alpha value is -3.13. The Labute approximate surface area is 187 Å². The van der Waals surface area contributed by atoms with Gasteiger partial charge in [0.05, 0.1) is 5.56 Å². The van der Waals surface area contributed by atoms with E-state index >= 15 is 0 Å².